The second-order valence-corrected chi connectivity index (χ2v) is 8.24. The predicted octanol–water partition coefficient (Wildman–Crippen LogP) is 4.02. The molecule has 0 radical (unpaired) electrons. The van der Waals surface area contributed by atoms with E-state index in [1.54, 1.807) is 12.1 Å². The van der Waals surface area contributed by atoms with Crippen molar-refractivity contribution in [3.63, 3.8) is 0 Å². The Bertz CT molecular complexity index is 850. The minimum absolute atomic E-state index is 0.0251. The maximum absolute atomic E-state index is 13.0. The van der Waals surface area contributed by atoms with E-state index in [9.17, 15) is 17.6 Å². The van der Waals surface area contributed by atoms with Crippen LogP contribution in [0.1, 0.15) is 21.5 Å². The molecule has 0 fully saturated rings. The quantitative estimate of drug-likeness (QED) is 0.722. The molecule has 2 rings (SSSR count). The minimum atomic E-state index is -3.16. The lowest BCUT2D eigenvalue weighted by Crippen LogP contribution is -2.05. The summed E-state index contributed by atoms with van der Waals surface area (Å²) in [4.78, 5) is 12.4. The predicted molar refractivity (Wildman–Crippen MR) is 87.5 cm³/mol. The second-order valence-electron chi connectivity index (χ2n) is 4.84. The summed E-state index contributed by atoms with van der Waals surface area (Å²) in [6.07, 6.45) is 1.14. The van der Waals surface area contributed by atoms with Crippen molar-refractivity contribution in [1.29, 1.82) is 0 Å². The Balaban J connectivity index is 2.38. The number of ketones is 1. The molecule has 116 valence electrons. The van der Waals surface area contributed by atoms with E-state index in [1.165, 1.54) is 12.1 Å². The molecule has 3 nitrogen and oxygen atoms in total. The van der Waals surface area contributed by atoms with E-state index in [2.05, 4.69) is 15.9 Å². The summed E-state index contributed by atoms with van der Waals surface area (Å²) in [5, 5.41) is 0.0251. The molecule has 0 spiro atoms. The molecule has 22 heavy (non-hydrogen) atoms. The lowest BCUT2D eigenvalue weighted by Gasteiger charge is -2.08. The van der Waals surface area contributed by atoms with Gasteiger partial charge < -0.3 is 0 Å². The maximum Gasteiger partial charge on any atom is 0.195 e. The minimum Gasteiger partial charge on any atom is -0.289 e. The zero-order chi connectivity index (χ0) is 16.5. The topological polar surface area (TPSA) is 51.2 Å². The number of benzene rings is 2. The van der Waals surface area contributed by atoms with Crippen LogP contribution in [0.15, 0.2) is 40.9 Å². The molecule has 0 amide bonds. The third kappa shape index (κ3) is 4.15. The molecule has 0 aromatic heterocycles. The summed E-state index contributed by atoms with van der Waals surface area (Å²) in [5.41, 5.74) is 1.07. The zero-order valence-electron chi connectivity index (χ0n) is 11.4. The van der Waals surface area contributed by atoms with Gasteiger partial charge in [0.15, 0.2) is 15.6 Å². The standard InChI is InChI=1S/C15H11BrClFO3S/c1-22(20,21)8-9-2-4-11(13(16)6-9)15(19)12-5-3-10(18)7-14(12)17/h2-7H,8H2,1H3. The molecule has 0 aliphatic rings. The molecule has 0 saturated carbocycles. The molecule has 0 aliphatic heterocycles. The normalized spacial score (nSPS) is 11.5. The smallest absolute Gasteiger partial charge is 0.195 e. The summed E-state index contributed by atoms with van der Waals surface area (Å²) in [5.74, 6) is -1.01. The first-order valence-corrected chi connectivity index (χ1v) is 9.36. The highest BCUT2D eigenvalue weighted by molar-refractivity contribution is 9.10. The van der Waals surface area contributed by atoms with Crippen LogP contribution in [0.2, 0.25) is 5.02 Å². The van der Waals surface area contributed by atoms with E-state index < -0.39 is 15.7 Å². The number of carbonyl (C=O) groups is 1. The van der Waals surface area contributed by atoms with Gasteiger partial charge in [0.05, 0.1) is 10.8 Å². The van der Waals surface area contributed by atoms with Crippen LogP contribution in [-0.4, -0.2) is 20.5 Å². The van der Waals surface area contributed by atoms with Crippen LogP contribution in [0.25, 0.3) is 0 Å². The van der Waals surface area contributed by atoms with E-state index >= 15 is 0 Å². The molecule has 0 bridgehead atoms. The molecule has 7 heteroatoms. The summed E-state index contributed by atoms with van der Waals surface area (Å²) >= 11 is 9.15. The Morgan fingerprint density at radius 3 is 2.36 bits per heavy atom. The van der Waals surface area contributed by atoms with Crippen molar-refractivity contribution in [3.8, 4) is 0 Å². The number of hydrogen-bond acceptors (Lipinski definition) is 3. The van der Waals surface area contributed by atoms with Crippen LogP contribution in [0.3, 0.4) is 0 Å². The Hall–Kier alpha value is -1.24. The van der Waals surface area contributed by atoms with Crippen LogP contribution in [0.5, 0.6) is 0 Å². The van der Waals surface area contributed by atoms with Gasteiger partial charge in [0.1, 0.15) is 5.82 Å². The van der Waals surface area contributed by atoms with Gasteiger partial charge in [-0.25, -0.2) is 12.8 Å². The van der Waals surface area contributed by atoms with Crippen LogP contribution in [0, 0.1) is 5.82 Å². The van der Waals surface area contributed by atoms with E-state index in [0.29, 0.717) is 15.6 Å². The monoisotopic (exact) mass is 404 g/mol. The van der Waals surface area contributed by atoms with E-state index in [1.807, 2.05) is 0 Å². The van der Waals surface area contributed by atoms with Gasteiger partial charge in [0.2, 0.25) is 0 Å². The summed E-state index contributed by atoms with van der Waals surface area (Å²) in [7, 11) is -3.16. The van der Waals surface area contributed by atoms with E-state index in [4.69, 9.17) is 11.6 Å². The average molecular weight is 406 g/mol. The van der Waals surface area contributed by atoms with Gasteiger partial charge in [0.25, 0.3) is 0 Å². The number of halogens is 3. The Kier molecular flexibility index (Phi) is 5.04. The van der Waals surface area contributed by atoms with Crippen LogP contribution in [0.4, 0.5) is 4.39 Å². The highest BCUT2D eigenvalue weighted by Gasteiger charge is 2.17. The Morgan fingerprint density at radius 1 is 1.18 bits per heavy atom. The lowest BCUT2D eigenvalue weighted by molar-refractivity contribution is 0.103. The lowest BCUT2D eigenvalue weighted by atomic mass is 10.0. The number of rotatable bonds is 4. The molecule has 0 N–H and O–H groups in total. The highest BCUT2D eigenvalue weighted by atomic mass is 79.9. The second kappa shape index (κ2) is 6.48. The maximum atomic E-state index is 13.0. The molecular weight excluding hydrogens is 395 g/mol. The first-order chi connectivity index (χ1) is 10.2. The van der Waals surface area contributed by atoms with Gasteiger partial charge in [-0.3, -0.25) is 4.79 Å². The third-order valence-corrected chi connectivity index (χ3v) is 4.71. The summed E-state index contributed by atoms with van der Waals surface area (Å²) < 4.78 is 36.1. The SMILES string of the molecule is CS(=O)(=O)Cc1ccc(C(=O)c2ccc(F)cc2Cl)c(Br)c1. The molecule has 2 aromatic rings. The van der Waals surface area contributed by atoms with Crippen LogP contribution >= 0.6 is 27.5 Å². The van der Waals surface area contributed by atoms with E-state index in [-0.39, 0.29) is 22.1 Å². The fraction of sp³-hybridized carbons (Fsp3) is 0.133. The molecule has 2 aromatic carbocycles. The number of sulfone groups is 1. The highest BCUT2D eigenvalue weighted by Crippen LogP contribution is 2.26. The molecule has 0 heterocycles. The van der Waals surface area contributed by atoms with Gasteiger partial charge in [-0.1, -0.05) is 33.6 Å². The van der Waals surface area contributed by atoms with Crippen LogP contribution < -0.4 is 0 Å². The Morgan fingerprint density at radius 2 is 1.82 bits per heavy atom. The van der Waals surface area contributed by atoms with Crippen molar-refractivity contribution in [2.24, 2.45) is 0 Å². The first kappa shape index (κ1) is 17.1. The largest absolute Gasteiger partial charge is 0.289 e. The van der Waals surface area contributed by atoms with Gasteiger partial charge in [0, 0.05) is 21.9 Å². The summed E-state index contributed by atoms with van der Waals surface area (Å²) in [6.45, 7) is 0. The van der Waals surface area contributed by atoms with E-state index in [0.717, 1.165) is 18.4 Å². The number of hydrogen-bond donors (Lipinski definition) is 0. The van der Waals surface area contributed by atoms with Gasteiger partial charge >= 0.3 is 0 Å². The average Bonchev–Trinajstić information content (AvgIpc) is 2.36. The van der Waals surface area contributed by atoms with Crippen molar-refractivity contribution in [2.75, 3.05) is 6.26 Å². The first-order valence-electron chi connectivity index (χ1n) is 6.13. The van der Waals surface area contributed by atoms with Crippen LogP contribution in [-0.2, 0) is 15.6 Å². The molecular formula is C15H11BrClFO3S. The third-order valence-electron chi connectivity index (χ3n) is 2.88. The van der Waals surface area contributed by atoms with Gasteiger partial charge in [-0.2, -0.15) is 0 Å². The zero-order valence-corrected chi connectivity index (χ0v) is 14.6. The molecule has 0 saturated heterocycles. The number of carbonyl (C=O) groups excluding carboxylic acids is 1. The van der Waals surface area contributed by atoms with Gasteiger partial charge in [-0.05, 0) is 35.9 Å². The molecule has 0 aliphatic carbocycles. The van der Waals surface area contributed by atoms with Crippen molar-refractivity contribution < 1.29 is 17.6 Å². The molecule has 0 atom stereocenters. The van der Waals surface area contributed by atoms with Gasteiger partial charge in [-0.15, -0.1) is 0 Å². The van der Waals surface area contributed by atoms with Crippen molar-refractivity contribution in [2.45, 2.75) is 5.75 Å². The molecule has 0 unspecified atom stereocenters. The van der Waals surface area contributed by atoms with Crippen molar-refractivity contribution in [3.05, 3.63) is 68.4 Å². The fourth-order valence-corrected chi connectivity index (χ4v) is 3.60. The fourth-order valence-electron chi connectivity index (χ4n) is 1.95. The van der Waals surface area contributed by atoms with Crippen molar-refractivity contribution in [1.82, 2.24) is 0 Å². The van der Waals surface area contributed by atoms with Crippen molar-refractivity contribution >= 4 is 43.2 Å². The summed E-state index contributed by atoms with van der Waals surface area (Å²) in [6, 6.07) is 8.21. The Labute approximate surface area is 141 Å².